The summed E-state index contributed by atoms with van der Waals surface area (Å²) in [5.74, 6) is 0. The van der Waals surface area contributed by atoms with Crippen molar-refractivity contribution < 1.29 is 4.92 Å². The first-order chi connectivity index (χ1) is 9.06. The standard InChI is InChI=1S/C13H16N4O2/c1-10-4-5-12(17(18)19)8-13(10)15-11(2)9-16-7-3-6-14-16/h3-8,11,15H,9H2,1-2H3. The zero-order chi connectivity index (χ0) is 13.8. The van der Waals surface area contributed by atoms with Gasteiger partial charge in [-0.1, -0.05) is 6.07 Å². The Bertz CT molecular complexity index is 566. The fourth-order valence-electron chi connectivity index (χ4n) is 1.88. The van der Waals surface area contributed by atoms with Gasteiger partial charge in [-0.15, -0.1) is 0 Å². The molecule has 1 aromatic heterocycles. The number of nitrogens with one attached hydrogen (secondary N) is 1. The fourth-order valence-corrected chi connectivity index (χ4v) is 1.88. The second kappa shape index (κ2) is 5.51. The zero-order valence-electron chi connectivity index (χ0n) is 10.9. The fraction of sp³-hybridized carbons (Fsp3) is 0.308. The molecule has 0 aliphatic heterocycles. The van der Waals surface area contributed by atoms with Gasteiger partial charge in [0.2, 0.25) is 0 Å². The molecule has 1 unspecified atom stereocenters. The average molecular weight is 260 g/mol. The molecule has 1 aromatic carbocycles. The highest BCUT2D eigenvalue weighted by Gasteiger charge is 2.11. The highest BCUT2D eigenvalue weighted by atomic mass is 16.6. The summed E-state index contributed by atoms with van der Waals surface area (Å²) in [5.41, 5.74) is 1.87. The van der Waals surface area contributed by atoms with Crippen molar-refractivity contribution in [3.63, 3.8) is 0 Å². The Hall–Kier alpha value is -2.37. The number of hydrogen-bond acceptors (Lipinski definition) is 4. The Morgan fingerprint density at radius 2 is 2.32 bits per heavy atom. The third kappa shape index (κ3) is 3.31. The molecule has 6 heteroatoms. The van der Waals surface area contributed by atoms with Gasteiger partial charge in [-0.2, -0.15) is 5.10 Å². The molecule has 1 N–H and O–H groups in total. The van der Waals surface area contributed by atoms with E-state index >= 15 is 0 Å². The van der Waals surface area contributed by atoms with Crippen LogP contribution in [0.5, 0.6) is 0 Å². The van der Waals surface area contributed by atoms with Crippen LogP contribution in [0.1, 0.15) is 12.5 Å². The quantitative estimate of drug-likeness (QED) is 0.662. The number of anilines is 1. The molecule has 1 heterocycles. The van der Waals surface area contributed by atoms with E-state index in [1.54, 1.807) is 18.3 Å². The van der Waals surface area contributed by atoms with Gasteiger partial charge in [0, 0.05) is 36.3 Å². The lowest BCUT2D eigenvalue weighted by Gasteiger charge is -2.16. The van der Waals surface area contributed by atoms with Crippen molar-refractivity contribution in [1.82, 2.24) is 9.78 Å². The van der Waals surface area contributed by atoms with Gasteiger partial charge in [-0.05, 0) is 25.5 Å². The highest BCUT2D eigenvalue weighted by Crippen LogP contribution is 2.22. The first-order valence-corrected chi connectivity index (χ1v) is 6.05. The topological polar surface area (TPSA) is 73.0 Å². The van der Waals surface area contributed by atoms with Crippen molar-refractivity contribution in [2.75, 3.05) is 5.32 Å². The number of benzene rings is 1. The molecule has 0 aliphatic rings. The second-order valence-electron chi connectivity index (χ2n) is 4.53. The van der Waals surface area contributed by atoms with Crippen LogP contribution in [0, 0.1) is 17.0 Å². The van der Waals surface area contributed by atoms with Crippen LogP contribution < -0.4 is 5.32 Å². The first-order valence-electron chi connectivity index (χ1n) is 6.05. The van der Waals surface area contributed by atoms with Gasteiger partial charge < -0.3 is 5.32 Å². The zero-order valence-corrected chi connectivity index (χ0v) is 10.9. The monoisotopic (exact) mass is 260 g/mol. The highest BCUT2D eigenvalue weighted by molar-refractivity contribution is 5.57. The predicted octanol–water partition coefficient (Wildman–Crippen LogP) is 2.60. The van der Waals surface area contributed by atoms with E-state index in [0.29, 0.717) is 6.54 Å². The molecule has 1 atom stereocenters. The van der Waals surface area contributed by atoms with Crippen LogP contribution >= 0.6 is 0 Å². The predicted molar refractivity (Wildman–Crippen MR) is 73.1 cm³/mol. The van der Waals surface area contributed by atoms with Gasteiger partial charge >= 0.3 is 0 Å². The molecule has 0 saturated heterocycles. The smallest absolute Gasteiger partial charge is 0.271 e. The van der Waals surface area contributed by atoms with Crippen LogP contribution in [0.25, 0.3) is 0 Å². The van der Waals surface area contributed by atoms with Crippen LogP contribution in [0.3, 0.4) is 0 Å². The van der Waals surface area contributed by atoms with E-state index in [0.717, 1.165) is 11.3 Å². The molecule has 0 fully saturated rings. The molecule has 0 amide bonds. The van der Waals surface area contributed by atoms with Crippen LogP contribution in [0.15, 0.2) is 36.7 Å². The van der Waals surface area contributed by atoms with Crippen molar-refractivity contribution in [1.29, 1.82) is 0 Å². The van der Waals surface area contributed by atoms with Gasteiger partial charge in [0.25, 0.3) is 5.69 Å². The number of non-ortho nitro benzene ring substituents is 1. The van der Waals surface area contributed by atoms with E-state index in [9.17, 15) is 10.1 Å². The molecular weight excluding hydrogens is 244 g/mol. The van der Waals surface area contributed by atoms with Crippen molar-refractivity contribution in [3.05, 3.63) is 52.3 Å². The summed E-state index contributed by atoms with van der Waals surface area (Å²) in [4.78, 5) is 10.4. The van der Waals surface area contributed by atoms with E-state index in [1.807, 2.05) is 30.8 Å². The average Bonchev–Trinajstić information content (AvgIpc) is 2.84. The number of nitrogens with zero attached hydrogens (tertiary/aromatic N) is 3. The van der Waals surface area contributed by atoms with Crippen LogP contribution in [-0.4, -0.2) is 20.7 Å². The lowest BCUT2D eigenvalue weighted by Crippen LogP contribution is -2.22. The molecule has 0 radical (unpaired) electrons. The SMILES string of the molecule is Cc1ccc([N+](=O)[O-])cc1NC(C)Cn1cccn1. The number of nitro groups is 1. The number of hydrogen-bond donors (Lipinski definition) is 1. The van der Waals surface area contributed by atoms with E-state index < -0.39 is 0 Å². The summed E-state index contributed by atoms with van der Waals surface area (Å²) >= 11 is 0. The van der Waals surface area contributed by atoms with Gasteiger partial charge in [0.1, 0.15) is 0 Å². The second-order valence-corrected chi connectivity index (χ2v) is 4.53. The molecule has 2 aromatic rings. The van der Waals surface area contributed by atoms with Gasteiger partial charge in [0.15, 0.2) is 0 Å². The number of aromatic nitrogens is 2. The van der Waals surface area contributed by atoms with Crippen LogP contribution in [0.4, 0.5) is 11.4 Å². The molecule has 6 nitrogen and oxygen atoms in total. The van der Waals surface area contributed by atoms with Gasteiger partial charge in [-0.3, -0.25) is 14.8 Å². The summed E-state index contributed by atoms with van der Waals surface area (Å²) in [6.07, 6.45) is 3.61. The number of aryl methyl sites for hydroxylation is 1. The lowest BCUT2D eigenvalue weighted by atomic mass is 10.1. The van der Waals surface area contributed by atoms with Crippen molar-refractivity contribution in [2.45, 2.75) is 26.4 Å². The Balaban J connectivity index is 2.09. The van der Waals surface area contributed by atoms with Crippen LogP contribution in [0.2, 0.25) is 0 Å². The third-order valence-corrected chi connectivity index (χ3v) is 2.85. The molecule has 0 aliphatic carbocycles. The largest absolute Gasteiger partial charge is 0.380 e. The minimum Gasteiger partial charge on any atom is -0.380 e. The maximum Gasteiger partial charge on any atom is 0.271 e. The molecule has 19 heavy (non-hydrogen) atoms. The van der Waals surface area contributed by atoms with Gasteiger partial charge in [0.05, 0.1) is 11.5 Å². The van der Waals surface area contributed by atoms with E-state index in [-0.39, 0.29) is 16.7 Å². The Morgan fingerprint density at radius 1 is 1.53 bits per heavy atom. The molecule has 0 spiro atoms. The minimum atomic E-state index is -0.386. The number of nitro benzene ring substituents is 1. The maximum atomic E-state index is 10.8. The summed E-state index contributed by atoms with van der Waals surface area (Å²) < 4.78 is 1.82. The molecule has 0 bridgehead atoms. The molecular formula is C13H16N4O2. The van der Waals surface area contributed by atoms with E-state index in [2.05, 4.69) is 10.4 Å². The molecule has 0 saturated carbocycles. The summed E-state index contributed by atoms with van der Waals surface area (Å²) in [6.45, 7) is 4.64. The Kier molecular flexibility index (Phi) is 3.79. The Morgan fingerprint density at radius 3 is 2.95 bits per heavy atom. The Labute approximate surface area is 111 Å². The summed E-state index contributed by atoms with van der Waals surface area (Å²) in [6, 6.07) is 6.82. The van der Waals surface area contributed by atoms with E-state index in [4.69, 9.17) is 0 Å². The number of rotatable bonds is 5. The summed E-state index contributed by atoms with van der Waals surface area (Å²) in [5, 5.41) is 18.2. The van der Waals surface area contributed by atoms with Gasteiger partial charge in [-0.25, -0.2) is 0 Å². The normalized spacial score (nSPS) is 12.1. The molecule has 2 rings (SSSR count). The lowest BCUT2D eigenvalue weighted by molar-refractivity contribution is -0.384. The van der Waals surface area contributed by atoms with Crippen LogP contribution in [-0.2, 0) is 6.54 Å². The summed E-state index contributed by atoms with van der Waals surface area (Å²) in [7, 11) is 0. The first kappa shape index (κ1) is 13.1. The molecule has 100 valence electrons. The maximum absolute atomic E-state index is 10.8. The minimum absolute atomic E-state index is 0.0967. The van der Waals surface area contributed by atoms with E-state index in [1.165, 1.54) is 6.07 Å². The van der Waals surface area contributed by atoms with Crippen molar-refractivity contribution in [3.8, 4) is 0 Å². The third-order valence-electron chi connectivity index (χ3n) is 2.85. The van der Waals surface area contributed by atoms with Crippen molar-refractivity contribution >= 4 is 11.4 Å². The van der Waals surface area contributed by atoms with Crippen molar-refractivity contribution in [2.24, 2.45) is 0 Å².